The molecule has 0 amide bonds. The molecule has 0 aromatic carbocycles. The molecular weight excluding hydrogens is 220 g/mol. The van der Waals surface area contributed by atoms with Gasteiger partial charge in [0.25, 0.3) is 0 Å². The Bertz CT molecular complexity index is 211. The Morgan fingerprint density at radius 3 is 1.22 bits per heavy atom. The van der Waals surface area contributed by atoms with Crippen molar-refractivity contribution < 1.29 is 8.97 Å². The van der Waals surface area contributed by atoms with Crippen molar-refractivity contribution in [2.45, 2.75) is 52.4 Å². The average molecular weight is 254 g/mol. The zero-order valence-electron chi connectivity index (χ0n) is 12.8. The molecule has 2 aliphatic rings. The highest BCUT2D eigenvalue weighted by Crippen LogP contribution is 2.22. The van der Waals surface area contributed by atoms with Gasteiger partial charge in [-0.1, -0.05) is 0 Å². The molecule has 0 spiro atoms. The van der Waals surface area contributed by atoms with Crippen LogP contribution < -0.4 is 0 Å². The minimum Gasteiger partial charge on any atom is -0.324 e. The third-order valence-corrected chi connectivity index (χ3v) is 5.89. The molecule has 2 heteroatoms. The summed E-state index contributed by atoms with van der Waals surface area (Å²) in [4.78, 5) is 0. The Hall–Kier alpha value is -0.0800. The maximum Gasteiger partial charge on any atom is 0.0788 e. The summed E-state index contributed by atoms with van der Waals surface area (Å²) in [6, 6.07) is 0. The molecule has 18 heavy (non-hydrogen) atoms. The first-order valence-corrected chi connectivity index (χ1v) is 8.44. The van der Waals surface area contributed by atoms with Gasteiger partial charge < -0.3 is 8.97 Å². The van der Waals surface area contributed by atoms with Gasteiger partial charge in [0.1, 0.15) is 0 Å². The van der Waals surface area contributed by atoms with Crippen LogP contribution in [0.1, 0.15) is 52.4 Å². The fourth-order valence-corrected chi connectivity index (χ4v) is 4.30. The third-order valence-electron chi connectivity index (χ3n) is 5.89. The molecule has 0 aliphatic carbocycles. The van der Waals surface area contributed by atoms with E-state index in [1.807, 2.05) is 0 Å². The van der Waals surface area contributed by atoms with Crippen LogP contribution in [0, 0.1) is 0 Å². The van der Waals surface area contributed by atoms with Crippen LogP contribution in [-0.4, -0.2) is 61.3 Å². The molecular formula is C16H34N2+2. The molecule has 2 saturated heterocycles. The van der Waals surface area contributed by atoms with Gasteiger partial charge in [0.2, 0.25) is 0 Å². The first-order chi connectivity index (χ1) is 8.74. The number of quaternary nitrogens is 2. The summed E-state index contributed by atoms with van der Waals surface area (Å²) in [5, 5.41) is 0. The second-order valence-electron chi connectivity index (χ2n) is 6.78. The zero-order valence-corrected chi connectivity index (χ0v) is 12.8. The van der Waals surface area contributed by atoms with Crippen LogP contribution in [-0.2, 0) is 0 Å². The number of nitrogens with zero attached hydrogens (tertiary/aromatic N) is 2. The van der Waals surface area contributed by atoms with Gasteiger partial charge in [0.15, 0.2) is 0 Å². The smallest absolute Gasteiger partial charge is 0.0788 e. The molecule has 0 bridgehead atoms. The van der Waals surface area contributed by atoms with Gasteiger partial charge in [0.05, 0.1) is 52.4 Å². The highest BCUT2D eigenvalue weighted by Gasteiger charge is 2.31. The lowest BCUT2D eigenvalue weighted by Crippen LogP contribution is -2.47. The molecule has 106 valence electrons. The van der Waals surface area contributed by atoms with Gasteiger partial charge in [0, 0.05) is 38.5 Å². The fraction of sp³-hybridized carbons (Fsp3) is 1.00. The molecule has 0 radical (unpaired) electrons. The number of rotatable bonds is 7. The lowest BCUT2D eigenvalue weighted by molar-refractivity contribution is -0.921. The van der Waals surface area contributed by atoms with Gasteiger partial charge in [-0.2, -0.15) is 0 Å². The van der Waals surface area contributed by atoms with Crippen LogP contribution in [0.5, 0.6) is 0 Å². The molecule has 2 rings (SSSR count). The Morgan fingerprint density at radius 1 is 0.611 bits per heavy atom. The van der Waals surface area contributed by atoms with Crippen LogP contribution in [0.25, 0.3) is 0 Å². The predicted molar refractivity (Wildman–Crippen MR) is 78.5 cm³/mol. The molecule has 0 unspecified atom stereocenters. The van der Waals surface area contributed by atoms with E-state index in [1.165, 1.54) is 99.8 Å². The molecule has 2 nitrogen and oxygen atoms in total. The van der Waals surface area contributed by atoms with Gasteiger partial charge in [-0.25, -0.2) is 0 Å². The van der Waals surface area contributed by atoms with Crippen molar-refractivity contribution in [3.8, 4) is 0 Å². The summed E-state index contributed by atoms with van der Waals surface area (Å²) in [6.07, 6.45) is 8.83. The van der Waals surface area contributed by atoms with Crippen LogP contribution in [0.2, 0.25) is 0 Å². The molecule has 0 saturated carbocycles. The quantitative estimate of drug-likeness (QED) is 0.484. The highest BCUT2D eigenvalue weighted by molar-refractivity contribution is 4.57. The van der Waals surface area contributed by atoms with E-state index in [0.717, 1.165) is 0 Å². The van der Waals surface area contributed by atoms with E-state index in [-0.39, 0.29) is 0 Å². The first-order valence-electron chi connectivity index (χ1n) is 8.44. The van der Waals surface area contributed by atoms with E-state index >= 15 is 0 Å². The average Bonchev–Trinajstić information content (AvgIpc) is 3.06. The minimum atomic E-state index is 1.37. The minimum absolute atomic E-state index is 1.37. The molecule has 0 N–H and O–H groups in total. The summed E-state index contributed by atoms with van der Waals surface area (Å²) in [5.74, 6) is 0. The second-order valence-corrected chi connectivity index (χ2v) is 6.78. The Balaban J connectivity index is 1.69. The normalized spacial score (nSPS) is 25.7. The molecule has 0 aromatic heterocycles. The van der Waals surface area contributed by atoms with Crippen LogP contribution >= 0.6 is 0 Å². The molecule has 2 heterocycles. The summed E-state index contributed by atoms with van der Waals surface area (Å²) >= 11 is 0. The Morgan fingerprint density at radius 2 is 0.944 bits per heavy atom. The van der Waals surface area contributed by atoms with Crippen molar-refractivity contribution in [3.63, 3.8) is 0 Å². The van der Waals surface area contributed by atoms with Crippen molar-refractivity contribution in [2.75, 3.05) is 52.4 Å². The van der Waals surface area contributed by atoms with Gasteiger partial charge in [-0.15, -0.1) is 0 Å². The predicted octanol–water partition coefficient (Wildman–Crippen LogP) is 3.03. The van der Waals surface area contributed by atoms with E-state index in [0.29, 0.717) is 0 Å². The monoisotopic (exact) mass is 254 g/mol. The van der Waals surface area contributed by atoms with E-state index in [1.54, 1.807) is 0 Å². The third kappa shape index (κ3) is 3.27. The van der Waals surface area contributed by atoms with Crippen molar-refractivity contribution in [1.29, 1.82) is 0 Å². The summed E-state index contributed by atoms with van der Waals surface area (Å²) in [5.41, 5.74) is 0. The molecule has 2 fully saturated rings. The Kier molecular flexibility index (Phi) is 5.08. The van der Waals surface area contributed by atoms with Crippen molar-refractivity contribution in [2.24, 2.45) is 0 Å². The highest BCUT2D eigenvalue weighted by atomic mass is 15.4. The van der Waals surface area contributed by atoms with Crippen LogP contribution in [0.3, 0.4) is 0 Å². The van der Waals surface area contributed by atoms with Gasteiger partial charge in [-0.3, -0.25) is 0 Å². The maximum atomic E-state index is 2.39. The summed E-state index contributed by atoms with van der Waals surface area (Å²) in [7, 11) is 0. The SMILES string of the molecule is CC[N+]1(CCCC[N+]2(CC)CCCC2)CCCC1. The lowest BCUT2D eigenvalue weighted by atomic mass is 10.2. The van der Waals surface area contributed by atoms with Crippen molar-refractivity contribution in [1.82, 2.24) is 0 Å². The zero-order chi connectivity index (χ0) is 12.9. The van der Waals surface area contributed by atoms with Crippen LogP contribution in [0.15, 0.2) is 0 Å². The van der Waals surface area contributed by atoms with Gasteiger partial charge >= 0.3 is 0 Å². The number of hydrogen-bond donors (Lipinski definition) is 0. The first kappa shape index (κ1) is 14.3. The molecule has 0 atom stereocenters. The lowest BCUT2D eigenvalue weighted by Gasteiger charge is -2.35. The van der Waals surface area contributed by atoms with Crippen molar-refractivity contribution >= 4 is 0 Å². The Labute approximate surface area is 114 Å². The maximum absolute atomic E-state index is 2.39. The number of hydrogen-bond acceptors (Lipinski definition) is 0. The van der Waals surface area contributed by atoms with Crippen LogP contribution in [0.4, 0.5) is 0 Å². The second kappa shape index (κ2) is 6.38. The topological polar surface area (TPSA) is 0 Å². The molecule has 2 aliphatic heterocycles. The number of unbranched alkanes of at least 4 members (excludes halogenated alkanes) is 1. The van der Waals surface area contributed by atoms with Gasteiger partial charge in [-0.05, 0) is 13.8 Å². The largest absolute Gasteiger partial charge is 0.324 e. The fourth-order valence-electron chi connectivity index (χ4n) is 4.30. The number of likely N-dealkylation sites (tertiary alicyclic amines) is 2. The van der Waals surface area contributed by atoms with E-state index in [9.17, 15) is 0 Å². The van der Waals surface area contributed by atoms with E-state index in [2.05, 4.69) is 13.8 Å². The molecule has 0 aromatic rings. The summed E-state index contributed by atoms with van der Waals surface area (Å²) < 4.78 is 2.87. The van der Waals surface area contributed by atoms with E-state index in [4.69, 9.17) is 0 Å². The summed E-state index contributed by atoms with van der Waals surface area (Å²) in [6.45, 7) is 16.3. The van der Waals surface area contributed by atoms with Crippen molar-refractivity contribution in [3.05, 3.63) is 0 Å². The standard InChI is InChI=1S/C16H34N2/c1-3-17(11-5-6-12-17)15-9-10-16-18(4-2)13-7-8-14-18/h3-16H2,1-2H3/q+2. The van der Waals surface area contributed by atoms with E-state index < -0.39 is 0 Å².